The quantitative estimate of drug-likeness (QED) is 0.867. The van der Waals surface area contributed by atoms with Crippen LogP contribution in [0.1, 0.15) is 19.4 Å². The molecule has 0 fully saturated rings. The number of benzene rings is 1. The van der Waals surface area contributed by atoms with Crippen molar-refractivity contribution in [3.8, 4) is 0 Å². The van der Waals surface area contributed by atoms with E-state index in [-0.39, 0.29) is 25.2 Å². The molecule has 0 spiro atoms. The zero-order chi connectivity index (χ0) is 17.1. The zero-order valence-corrected chi connectivity index (χ0v) is 13.8. The minimum Gasteiger partial charge on any atom is -0.465 e. The van der Waals surface area contributed by atoms with Crippen LogP contribution < -0.4 is 5.32 Å². The normalized spacial score (nSPS) is 19.6. The van der Waals surface area contributed by atoms with E-state index in [0.29, 0.717) is 0 Å². The first kappa shape index (κ1) is 16.1. The third kappa shape index (κ3) is 3.11. The Morgan fingerprint density at radius 2 is 2.04 bits per heavy atom. The minimum atomic E-state index is -0.424. The van der Waals surface area contributed by atoms with E-state index >= 15 is 0 Å². The van der Waals surface area contributed by atoms with E-state index in [2.05, 4.69) is 5.32 Å². The van der Waals surface area contributed by atoms with Gasteiger partial charge < -0.3 is 10.1 Å². The van der Waals surface area contributed by atoms with E-state index in [1.165, 1.54) is 4.90 Å². The van der Waals surface area contributed by atoms with Crippen LogP contribution in [0.15, 0.2) is 59.7 Å². The van der Waals surface area contributed by atoms with Gasteiger partial charge in [0.15, 0.2) is 0 Å². The Kier molecular flexibility index (Phi) is 4.51. The fraction of sp³-hybridized carbons (Fsp3) is 0.263. The number of carbonyl (C=O) groups is 2. The molecule has 5 nitrogen and oxygen atoms in total. The Balaban J connectivity index is 2.09. The molecule has 1 N–H and O–H groups in total. The smallest absolute Gasteiger partial charge is 0.326 e. The second-order valence-corrected chi connectivity index (χ2v) is 5.74. The molecule has 3 rings (SSSR count). The molecule has 0 aromatic heterocycles. The van der Waals surface area contributed by atoms with Crippen LogP contribution in [0.4, 0.5) is 4.79 Å². The van der Waals surface area contributed by atoms with Crippen molar-refractivity contribution in [2.24, 2.45) is 0 Å². The molecule has 124 valence electrons. The fourth-order valence-corrected chi connectivity index (χ4v) is 2.95. The summed E-state index contributed by atoms with van der Waals surface area (Å²) in [6.45, 7) is 3.93. The number of rotatable bonds is 4. The van der Waals surface area contributed by atoms with Crippen molar-refractivity contribution in [2.75, 3.05) is 13.2 Å². The Bertz CT molecular complexity index is 747. The molecule has 24 heavy (non-hydrogen) atoms. The van der Waals surface area contributed by atoms with Gasteiger partial charge >= 0.3 is 12.0 Å². The van der Waals surface area contributed by atoms with E-state index < -0.39 is 5.97 Å². The van der Waals surface area contributed by atoms with Crippen molar-refractivity contribution in [3.05, 3.63) is 65.3 Å². The van der Waals surface area contributed by atoms with Crippen LogP contribution in [-0.2, 0) is 9.53 Å². The predicted molar refractivity (Wildman–Crippen MR) is 91.9 cm³/mol. The molecule has 0 bridgehead atoms. The summed E-state index contributed by atoms with van der Waals surface area (Å²) in [7, 11) is 0. The van der Waals surface area contributed by atoms with Crippen LogP contribution in [0.3, 0.4) is 0 Å². The summed E-state index contributed by atoms with van der Waals surface area (Å²) in [5.41, 5.74) is 3.73. The van der Waals surface area contributed by atoms with Crippen LogP contribution in [0.2, 0.25) is 0 Å². The Morgan fingerprint density at radius 3 is 2.75 bits per heavy atom. The Morgan fingerprint density at radius 1 is 1.29 bits per heavy atom. The molecule has 5 heteroatoms. The molecule has 0 radical (unpaired) electrons. The number of urea groups is 1. The number of ether oxygens (including phenoxy) is 1. The SMILES string of the molecule is CCOC(=O)CN1C(=O)N[C@H]2C=CC(C)=CC2=C1c1ccccc1. The monoisotopic (exact) mass is 324 g/mol. The number of nitrogens with zero attached hydrogens (tertiary/aromatic N) is 1. The summed E-state index contributed by atoms with van der Waals surface area (Å²) < 4.78 is 5.02. The molecule has 2 aliphatic rings. The van der Waals surface area contributed by atoms with E-state index in [1.54, 1.807) is 6.92 Å². The standard InChI is InChI=1S/C19H20N2O3/c1-3-24-17(22)12-21-18(14-7-5-4-6-8-14)15-11-13(2)9-10-16(15)20-19(21)23/h4-11,16H,3,12H2,1-2H3,(H,20,23)/t16-/m0/s1. The van der Waals surface area contributed by atoms with Crippen molar-refractivity contribution in [3.63, 3.8) is 0 Å². The van der Waals surface area contributed by atoms with Gasteiger partial charge in [-0.2, -0.15) is 0 Å². The molecule has 1 aromatic carbocycles. The van der Waals surface area contributed by atoms with Gasteiger partial charge in [0.05, 0.1) is 18.3 Å². The van der Waals surface area contributed by atoms with Gasteiger partial charge in [0.25, 0.3) is 0 Å². The second-order valence-electron chi connectivity index (χ2n) is 5.74. The molecule has 0 saturated heterocycles. The van der Waals surface area contributed by atoms with Crippen LogP contribution in [-0.4, -0.2) is 36.1 Å². The summed E-state index contributed by atoms with van der Waals surface area (Å²) in [5.74, 6) is -0.424. The second kappa shape index (κ2) is 6.74. The molecular weight excluding hydrogens is 304 g/mol. The topological polar surface area (TPSA) is 58.6 Å². The summed E-state index contributed by atoms with van der Waals surface area (Å²) in [5, 5.41) is 2.93. The number of hydrogen-bond acceptors (Lipinski definition) is 3. The van der Waals surface area contributed by atoms with Gasteiger partial charge in [0, 0.05) is 5.57 Å². The maximum atomic E-state index is 12.6. The molecule has 1 aliphatic heterocycles. The highest BCUT2D eigenvalue weighted by Crippen LogP contribution is 2.32. The number of nitrogens with one attached hydrogen (secondary N) is 1. The third-order valence-electron chi connectivity index (χ3n) is 3.98. The van der Waals surface area contributed by atoms with Crippen molar-refractivity contribution >= 4 is 17.7 Å². The largest absolute Gasteiger partial charge is 0.465 e. The Hall–Kier alpha value is -2.82. The first-order chi connectivity index (χ1) is 11.6. The van der Waals surface area contributed by atoms with Gasteiger partial charge in [0.2, 0.25) is 0 Å². The lowest BCUT2D eigenvalue weighted by Gasteiger charge is -2.36. The van der Waals surface area contributed by atoms with Crippen LogP contribution in [0.25, 0.3) is 5.70 Å². The predicted octanol–water partition coefficient (Wildman–Crippen LogP) is 2.87. The lowest BCUT2D eigenvalue weighted by Crippen LogP contribution is -2.51. The molecule has 2 amide bonds. The van der Waals surface area contributed by atoms with E-state index in [1.807, 2.05) is 55.5 Å². The molecule has 1 aliphatic carbocycles. The van der Waals surface area contributed by atoms with Crippen molar-refractivity contribution in [1.82, 2.24) is 10.2 Å². The zero-order valence-electron chi connectivity index (χ0n) is 13.8. The highest BCUT2D eigenvalue weighted by Gasteiger charge is 2.34. The average molecular weight is 324 g/mol. The third-order valence-corrected chi connectivity index (χ3v) is 3.98. The van der Waals surface area contributed by atoms with Gasteiger partial charge in [-0.15, -0.1) is 0 Å². The Labute approximate surface area is 141 Å². The first-order valence-corrected chi connectivity index (χ1v) is 8.00. The first-order valence-electron chi connectivity index (χ1n) is 8.00. The van der Waals surface area contributed by atoms with E-state index in [0.717, 1.165) is 22.4 Å². The molecule has 1 heterocycles. The van der Waals surface area contributed by atoms with Gasteiger partial charge in [-0.25, -0.2) is 4.79 Å². The number of amides is 2. The highest BCUT2D eigenvalue weighted by atomic mass is 16.5. The average Bonchev–Trinajstić information content (AvgIpc) is 2.57. The summed E-state index contributed by atoms with van der Waals surface area (Å²) in [6, 6.07) is 9.16. The maximum Gasteiger partial charge on any atom is 0.326 e. The number of hydrogen-bond donors (Lipinski definition) is 1. The van der Waals surface area contributed by atoms with E-state index in [4.69, 9.17) is 4.74 Å². The van der Waals surface area contributed by atoms with Crippen LogP contribution in [0, 0.1) is 0 Å². The molecule has 1 atom stereocenters. The van der Waals surface area contributed by atoms with Gasteiger partial charge in [-0.1, -0.05) is 54.1 Å². The van der Waals surface area contributed by atoms with Crippen LogP contribution in [0.5, 0.6) is 0 Å². The number of allylic oxidation sites excluding steroid dienone is 2. The fourth-order valence-electron chi connectivity index (χ4n) is 2.95. The number of esters is 1. The molecule has 0 saturated carbocycles. The summed E-state index contributed by atoms with van der Waals surface area (Å²) in [6.07, 6.45) is 6.00. The van der Waals surface area contributed by atoms with Crippen LogP contribution >= 0.6 is 0 Å². The number of fused-ring (bicyclic) bond motifs is 1. The van der Waals surface area contributed by atoms with Gasteiger partial charge in [0.1, 0.15) is 6.54 Å². The summed E-state index contributed by atoms with van der Waals surface area (Å²) >= 11 is 0. The molecule has 0 unspecified atom stereocenters. The van der Waals surface area contributed by atoms with E-state index in [9.17, 15) is 9.59 Å². The van der Waals surface area contributed by atoms with Crippen molar-refractivity contribution < 1.29 is 14.3 Å². The maximum absolute atomic E-state index is 12.6. The molecule has 1 aromatic rings. The summed E-state index contributed by atoms with van der Waals surface area (Å²) in [4.78, 5) is 26.0. The molecular formula is C19H20N2O3. The lowest BCUT2D eigenvalue weighted by atomic mass is 9.91. The highest BCUT2D eigenvalue weighted by molar-refractivity contribution is 5.94. The lowest BCUT2D eigenvalue weighted by molar-refractivity contribution is -0.143. The van der Waals surface area contributed by atoms with Gasteiger partial charge in [-0.05, 0) is 19.4 Å². The van der Waals surface area contributed by atoms with Crippen molar-refractivity contribution in [2.45, 2.75) is 19.9 Å². The minimum absolute atomic E-state index is 0.114. The van der Waals surface area contributed by atoms with Gasteiger partial charge in [-0.3, -0.25) is 9.69 Å². The van der Waals surface area contributed by atoms with Crippen molar-refractivity contribution in [1.29, 1.82) is 0 Å². The number of carbonyl (C=O) groups excluding carboxylic acids is 2.